The molecule has 2 rings (SSSR count). The predicted molar refractivity (Wildman–Crippen MR) is 92.5 cm³/mol. The van der Waals surface area contributed by atoms with Crippen molar-refractivity contribution in [3.8, 4) is 11.7 Å². The van der Waals surface area contributed by atoms with E-state index in [1.54, 1.807) is 19.1 Å². The van der Waals surface area contributed by atoms with E-state index >= 15 is 0 Å². The van der Waals surface area contributed by atoms with Crippen LogP contribution >= 0.6 is 0 Å². The van der Waals surface area contributed by atoms with Crippen LogP contribution in [0.1, 0.15) is 38.6 Å². The molecule has 26 heavy (non-hydrogen) atoms. The molecule has 0 fully saturated rings. The molecule has 1 amide bonds. The summed E-state index contributed by atoms with van der Waals surface area (Å²) in [6.07, 6.45) is 1.59. The van der Waals surface area contributed by atoms with Crippen molar-refractivity contribution < 1.29 is 28.3 Å². The summed E-state index contributed by atoms with van der Waals surface area (Å²) < 4.78 is 16.2. The molecular weight excluding hydrogens is 340 g/mol. The van der Waals surface area contributed by atoms with Crippen molar-refractivity contribution >= 4 is 11.9 Å². The van der Waals surface area contributed by atoms with Gasteiger partial charge >= 0.3 is 5.97 Å². The molecule has 0 aromatic carbocycles. The van der Waals surface area contributed by atoms with Gasteiger partial charge in [0.15, 0.2) is 5.76 Å². The molecule has 0 spiro atoms. The summed E-state index contributed by atoms with van der Waals surface area (Å²) in [6, 6.07) is 2.38. The van der Waals surface area contributed by atoms with Gasteiger partial charge in [-0.2, -0.15) is 0 Å². The molecule has 142 valence electrons. The second-order valence-corrected chi connectivity index (χ2v) is 6.88. The molecule has 2 heterocycles. The number of oxazole rings is 1. The number of aliphatic carboxylic acids is 1. The first-order valence-electron chi connectivity index (χ1n) is 8.32. The van der Waals surface area contributed by atoms with E-state index in [4.69, 9.17) is 13.6 Å². The summed E-state index contributed by atoms with van der Waals surface area (Å²) in [5, 5.41) is 11.8. The van der Waals surface area contributed by atoms with Crippen molar-refractivity contribution in [1.82, 2.24) is 10.3 Å². The van der Waals surface area contributed by atoms with Crippen LogP contribution in [0.4, 0.5) is 0 Å². The fourth-order valence-corrected chi connectivity index (χ4v) is 2.24. The number of furan rings is 1. The van der Waals surface area contributed by atoms with Gasteiger partial charge in [0.2, 0.25) is 5.91 Å². The highest BCUT2D eigenvalue weighted by atomic mass is 16.5. The monoisotopic (exact) mass is 364 g/mol. The average Bonchev–Trinajstić information content (AvgIpc) is 3.15. The third kappa shape index (κ3) is 5.73. The minimum absolute atomic E-state index is 0.0834. The van der Waals surface area contributed by atoms with Crippen LogP contribution in [-0.4, -0.2) is 40.2 Å². The van der Waals surface area contributed by atoms with Gasteiger partial charge in [0, 0.05) is 13.0 Å². The van der Waals surface area contributed by atoms with E-state index < -0.39 is 17.9 Å². The zero-order valence-electron chi connectivity index (χ0n) is 15.4. The number of hydrogen-bond donors (Lipinski definition) is 2. The molecule has 0 radical (unpaired) electrons. The van der Waals surface area contributed by atoms with Crippen molar-refractivity contribution in [3.63, 3.8) is 0 Å². The highest BCUT2D eigenvalue weighted by Crippen LogP contribution is 2.22. The number of carboxylic acid groups (broad SMARTS) is 1. The molecule has 0 saturated heterocycles. The summed E-state index contributed by atoms with van der Waals surface area (Å²) in [4.78, 5) is 27.8. The Morgan fingerprint density at radius 3 is 2.69 bits per heavy atom. The standard InChI is InChI=1S/C18H24N2O6/c1-11-13(20-16(26-11)14-6-5-8-24-14)10-15(21)19-12(17(22)23)7-9-25-18(2,3)4/h5-6,8,12H,7,9-10H2,1-4H3,(H,19,21)(H,22,23). The number of carbonyl (C=O) groups is 2. The van der Waals surface area contributed by atoms with Gasteiger partial charge in [-0.25, -0.2) is 9.78 Å². The molecule has 0 aliphatic carbocycles. The SMILES string of the molecule is Cc1oc(-c2ccco2)nc1CC(=O)NC(CCOC(C)(C)C)C(=O)O. The Labute approximate surface area is 151 Å². The van der Waals surface area contributed by atoms with Crippen LogP contribution in [0.5, 0.6) is 0 Å². The van der Waals surface area contributed by atoms with Crippen LogP contribution in [0.25, 0.3) is 11.7 Å². The summed E-state index contributed by atoms with van der Waals surface area (Å²) in [6.45, 7) is 7.56. The lowest BCUT2D eigenvalue weighted by Crippen LogP contribution is -2.42. The van der Waals surface area contributed by atoms with E-state index in [9.17, 15) is 14.7 Å². The van der Waals surface area contributed by atoms with E-state index in [0.29, 0.717) is 17.2 Å². The number of carbonyl (C=O) groups excluding carboxylic acids is 1. The van der Waals surface area contributed by atoms with E-state index in [2.05, 4.69) is 10.3 Å². The van der Waals surface area contributed by atoms with Gasteiger partial charge in [-0.15, -0.1) is 0 Å². The molecule has 2 aromatic heterocycles. The second kappa shape index (κ2) is 8.18. The smallest absolute Gasteiger partial charge is 0.326 e. The molecule has 8 heteroatoms. The number of nitrogens with one attached hydrogen (secondary N) is 1. The molecule has 0 bridgehead atoms. The van der Waals surface area contributed by atoms with Crippen molar-refractivity contribution in [2.45, 2.75) is 52.2 Å². The van der Waals surface area contributed by atoms with Crippen molar-refractivity contribution in [2.24, 2.45) is 0 Å². The Morgan fingerprint density at radius 2 is 2.12 bits per heavy atom. The van der Waals surface area contributed by atoms with Crippen molar-refractivity contribution in [1.29, 1.82) is 0 Å². The predicted octanol–water partition coefficient (Wildman–Crippen LogP) is 2.56. The van der Waals surface area contributed by atoms with Crippen molar-refractivity contribution in [2.75, 3.05) is 6.61 Å². The topological polar surface area (TPSA) is 115 Å². The Balaban J connectivity index is 1.94. The Kier molecular flexibility index (Phi) is 6.20. The fourth-order valence-electron chi connectivity index (χ4n) is 2.24. The molecule has 8 nitrogen and oxygen atoms in total. The van der Waals surface area contributed by atoms with Crippen LogP contribution < -0.4 is 5.32 Å². The number of carboxylic acids is 1. The van der Waals surface area contributed by atoms with Gasteiger partial charge in [0.25, 0.3) is 5.89 Å². The number of hydrogen-bond acceptors (Lipinski definition) is 6. The Hall–Kier alpha value is -2.61. The van der Waals surface area contributed by atoms with Gasteiger partial charge in [-0.05, 0) is 39.8 Å². The summed E-state index contributed by atoms with van der Waals surface area (Å²) in [5.41, 5.74) is 0.0663. The Bertz CT molecular complexity index is 742. The number of nitrogens with zero attached hydrogens (tertiary/aromatic N) is 1. The molecule has 2 aromatic rings. The molecule has 1 atom stereocenters. The normalized spacial score (nSPS) is 12.8. The maximum absolute atomic E-state index is 12.2. The highest BCUT2D eigenvalue weighted by molar-refractivity contribution is 5.84. The average molecular weight is 364 g/mol. The third-order valence-electron chi connectivity index (χ3n) is 3.53. The lowest BCUT2D eigenvalue weighted by molar-refractivity contribution is -0.142. The van der Waals surface area contributed by atoms with Gasteiger partial charge in [0.1, 0.15) is 11.8 Å². The molecule has 2 N–H and O–H groups in total. The minimum atomic E-state index is -1.11. The first-order chi connectivity index (χ1) is 12.2. The quantitative estimate of drug-likeness (QED) is 0.739. The largest absolute Gasteiger partial charge is 0.480 e. The number of ether oxygens (including phenoxy) is 1. The van der Waals surface area contributed by atoms with Gasteiger partial charge < -0.3 is 24.0 Å². The van der Waals surface area contributed by atoms with Gasteiger partial charge in [0.05, 0.1) is 24.0 Å². The van der Waals surface area contributed by atoms with Gasteiger partial charge in [-0.3, -0.25) is 4.79 Å². The van der Waals surface area contributed by atoms with Crippen LogP contribution in [0.2, 0.25) is 0 Å². The first kappa shape index (κ1) is 19.7. The maximum atomic E-state index is 12.2. The van der Waals surface area contributed by atoms with Gasteiger partial charge in [-0.1, -0.05) is 0 Å². The lowest BCUT2D eigenvalue weighted by atomic mass is 10.1. The third-order valence-corrected chi connectivity index (χ3v) is 3.53. The van der Waals surface area contributed by atoms with E-state index in [1.165, 1.54) is 6.26 Å². The number of aromatic nitrogens is 1. The molecular formula is C18H24N2O6. The van der Waals surface area contributed by atoms with Crippen molar-refractivity contribution in [3.05, 3.63) is 29.9 Å². The van der Waals surface area contributed by atoms with E-state index in [-0.39, 0.29) is 30.9 Å². The second-order valence-electron chi connectivity index (χ2n) is 6.88. The molecule has 0 saturated carbocycles. The number of rotatable bonds is 8. The van der Waals surface area contributed by atoms with Crippen LogP contribution in [-0.2, 0) is 20.7 Å². The van der Waals surface area contributed by atoms with Crippen LogP contribution in [0.15, 0.2) is 27.2 Å². The summed E-state index contributed by atoms with van der Waals surface area (Å²) in [5.74, 6) is -0.333. The van der Waals surface area contributed by atoms with E-state index in [0.717, 1.165) is 0 Å². The van der Waals surface area contributed by atoms with E-state index in [1.807, 2.05) is 20.8 Å². The first-order valence-corrected chi connectivity index (χ1v) is 8.32. The Morgan fingerprint density at radius 1 is 1.38 bits per heavy atom. The minimum Gasteiger partial charge on any atom is -0.480 e. The number of aryl methyl sites for hydroxylation is 1. The van der Waals surface area contributed by atoms with Crippen LogP contribution in [0.3, 0.4) is 0 Å². The summed E-state index contributed by atoms with van der Waals surface area (Å²) in [7, 11) is 0. The molecule has 0 aliphatic rings. The lowest BCUT2D eigenvalue weighted by Gasteiger charge is -2.21. The number of amides is 1. The highest BCUT2D eigenvalue weighted by Gasteiger charge is 2.23. The maximum Gasteiger partial charge on any atom is 0.326 e. The molecule has 1 unspecified atom stereocenters. The van der Waals surface area contributed by atoms with Crippen LogP contribution in [0, 0.1) is 6.92 Å². The fraction of sp³-hybridized carbons (Fsp3) is 0.500. The summed E-state index contributed by atoms with van der Waals surface area (Å²) >= 11 is 0. The molecule has 0 aliphatic heterocycles. The zero-order valence-corrected chi connectivity index (χ0v) is 15.4. The zero-order chi connectivity index (χ0) is 19.3.